The Morgan fingerprint density at radius 1 is 1.16 bits per heavy atom. The normalized spacial score (nSPS) is 11.7. The molecule has 3 aromatic rings. The van der Waals surface area contributed by atoms with Gasteiger partial charge in [-0.1, -0.05) is 29.8 Å². The number of oxazole rings is 1. The molecular weight excluding hydrogens is 440 g/mol. The molecule has 9 heteroatoms. The van der Waals surface area contributed by atoms with E-state index in [9.17, 15) is 9.00 Å². The van der Waals surface area contributed by atoms with Gasteiger partial charge in [0.05, 0.1) is 25.7 Å². The number of hydrogen-bond donors (Lipinski definition) is 1. The predicted molar refractivity (Wildman–Crippen MR) is 120 cm³/mol. The largest absolute Gasteiger partial charge is 0.493 e. The number of rotatable bonds is 9. The summed E-state index contributed by atoms with van der Waals surface area (Å²) < 4.78 is 28.8. The summed E-state index contributed by atoms with van der Waals surface area (Å²) in [6.45, 7) is 2.03. The van der Waals surface area contributed by atoms with Crippen molar-refractivity contribution in [2.45, 2.75) is 19.2 Å². The van der Waals surface area contributed by atoms with Crippen LogP contribution >= 0.6 is 11.6 Å². The average Bonchev–Trinajstić information content (AvgIpc) is 3.12. The van der Waals surface area contributed by atoms with Gasteiger partial charge >= 0.3 is 0 Å². The second-order valence-electron chi connectivity index (χ2n) is 6.69. The SMILES string of the molecule is COc1ccc(-c2nc(C[S@@](=O)CC(=O)NCc3ccccc3Cl)c(C)o2)cc1OC. The fraction of sp³-hybridized carbons (Fsp3) is 0.273. The molecule has 0 fully saturated rings. The number of carbonyl (C=O) groups excluding carboxylic acids is 1. The van der Waals surface area contributed by atoms with Crippen LogP contribution in [0.2, 0.25) is 5.02 Å². The summed E-state index contributed by atoms with van der Waals surface area (Å²) in [6, 6.07) is 12.6. The molecule has 1 amide bonds. The third kappa shape index (κ3) is 5.86. The standard InChI is InChI=1S/C22H23ClN2O5S/c1-14-18(25-22(30-14)15-8-9-19(28-2)20(10-15)29-3)12-31(27)13-21(26)24-11-16-6-4-5-7-17(16)23/h4-10H,11-13H2,1-3H3,(H,24,26)/t31-/m1/s1. The van der Waals surface area contributed by atoms with Gasteiger partial charge in [-0.25, -0.2) is 4.98 Å². The van der Waals surface area contributed by atoms with Crippen LogP contribution in [0.1, 0.15) is 17.0 Å². The van der Waals surface area contributed by atoms with E-state index >= 15 is 0 Å². The summed E-state index contributed by atoms with van der Waals surface area (Å²) in [4.78, 5) is 16.6. The predicted octanol–water partition coefficient (Wildman–Crippen LogP) is 3.89. The van der Waals surface area contributed by atoms with Crippen LogP contribution in [-0.4, -0.2) is 35.1 Å². The van der Waals surface area contributed by atoms with Crippen LogP contribution in [0.5, 0.6) is 11.5 Å². The lowest BCUT2D eigenvalue weighted by Crippen LogP contribution is -2.28. The Balaban J connectivity index is 1.61. The Morgan fingerprint density at radius 2 is 1.90 bits per heavy atom. The van der Waals surface area contributed by atoms with Crippen molar-refractivity contribution in [2.75, 3.05) is 20.0 Å². The zero-order valence-electron chi connectivity index (χ0n) is 17.4. The minimum atomic E-state index is -1.44. The van der Waals surface area contributed by atoms with Crippen LogP contribution in [0.15, 0.2) is 46.9 Å². The van der Waals surface area contributed by atoms with Crippen LogP contribution in [0, 0.1) is 6.92 Å². The maximum atomic E-state index is 12.5. The molecule has 2 aromatic carbocycles. The van der Waals surface area contributed by atoms with Crippen LogP contribution in [0.4, 0.5) is 0 Å². The first-order chi connectivity index (χ1) is 14.9. The number of amides is 1. The molecule has 7 nitrogen and oxygen atoms in total. The van der Waals surface area contributed by atoms with Crippen molar-refractivity contribution in [2.24, 2.45) is 0 Å². The van der Waals surface area contributed by atoms with Gasteiger partial charge in [0.2, 0.25) is 11.8 Å². The molecule has 0 aliphatic carbocycles. The Morgan fingerprint density at radius 3 is 2.61 bits per heavy atom. The van der Waals surface area contributed by atoms with Crippen molar-refractivity contribution < 1.29 is 22.9 Å². The third-order valence-corrected chi connectivity index (χ3v) is 6.10. The van der Waals surface area contributed by atoms with E-state index < -0.39 is 10.8 Å². The van der Waals surface area contributed by atoms with E-state index in [4.69, 9.17) is 25.5 Å². The van der Waals surface area contributed by atoms with Crippen LogP contribution in [0.3, 0.4) is 0 Å². The second-order valence-corrected chi connectivity index (χ2v) is 8.55. The minimum absolute atomic E-state index is 0.113. The minimum Gasteiger partial charge on any atom is -0.493 e. The van der Waals surface area contributed by atoms with Crippen molar-refractivity contribution in [3.05, 3.63) is 64.5 Å². The molecular formula is C22H23ClN2O5S. The molecule has 0 radical (unpaired) electrons. The highest BCUT2D eigenvalue weighted by molar-refractivity contribution is 7.84. The van der Waals surface area contributed by atoms with E-state index in [1.807, 2.05) is 18.2 Å². The molecule has 0 bridgehead atoms. The van der Waals surface area contributed by atoms with Crippen LogP contribution in [-0.2, 0) is 27.9 Å². The Hall–Kier alpha value is -2.84. The molecule has 0 saturated heterocycles. The van der Waals surface area contributed by atoms with Gasteiger partial charge in [-0.15, -0.1) is 0 Å². The summed E-state index contributed by atoms with van der Waals surface area (Å²) in [5.74, 6) is 1.74. The molecule has 0 unspecified atom stereocenters. The molecule has 0 saturated carbocycles. The van der Waals surface area contributed by atoms with Crippen molar-refractivity contribution in [3.63, 3.8) is 0 Å². The number of nitrogens with one attached hydrogen (secondary N) is 1. The number of hydrogen-bond acceptors (Lipinski definition) is 6. The summed E-state index contributed by atoms with van der Waals surface area (Å²) in [5, 5.41) is 3.31. The molecule has 3 rings (SSSR count). The number of nitrogens with zero attached hydrogens (tertiary/aromatic N) is 1. The molecule has 31 heavy (non-hydrogen) atoms. The lowest BCUT2D eigenvalue weighted by Gasteiger charge is -2.07. The highest BCUT2D eigenvalue weighted by Crippen LogP contribution is 2.32. The maximum Gasteiger partial charge on any atom is 0.232 e. The number of methoxy groups -OCH3 is 2. The number of carbonyl (C=O) groups is 1. The van der Waals surface area contributed by atoms with Gasteiger partial charge in [-0.3, -0.25) is 9.00 Å². The smallest absolute Gasteiger partial charge is 0.232 e. The topological polar surface area (TPSA) is 90.7 Å². The number of aromatic nitrogens is 1. The molecule has 1 heterocycles. The van der Waals surface area contributed by atoms with Crippen molar-refractivity contribution >= 4 is 28.3 Å². The van der Waals surface area contributed by atoms with Crippen molar-refractivity contribution in [1.82, 2.24) is 10.3 Å². The summed E-state index contributed by atoms with van der Waals surface area (Å²) >= 11 is 6.08. The van der Waals surface area contributed by atoms with Gasteiger partial charge in [-0.05, 0) is 36.8 Å². The van der Waals surface area contributed by atoms with E-state index in [0.29, 0.717) is 39.4 Å². The molecule has 0 aliphatic heterocycles. The fourth-order valence-electron chi connectivity index (χ4n) is 2.89. The Kier molecular flexibility index (Phi) is 7.70. The fourth-order valence-corrected chi connectivity index (χ4v) is 4.16. The number of ether oxygens (including phenoxy) is 2. The number of benzene rings is 2. The molecule has 1 N–H and O–H groups in total. The first kappa shape index (κ1) is 22.8. The zero-order valence-corrected chi connectivity index (χ0v) is 19.0. The average molecular weight is 463 g/mol. The third-order valence-electron chi connectivity index (χ3n) is 4.55. The number of halogens is 1. The molecule has 1 aromatic heterocycles. The first-order valence-electron chi connectivity index (χ1n) is 9.45. The lowest BCUT2D eigenvalue weighted by molar-refractivity contribution is -0.118. The highest BCUT2D eigenvalue weighted by Gasteiger charge is 2.17. The first-order valence-corrected chi connectivity index (χ1v) is 11.3. The van der Waals surface area contributed by atoms with E-state index in [1.54, 1.807) is 45.4 Å². The van der Waals surface area contributed by atoms with Gasteiger partial charge in [0.25, 0.3) is 0 Å². The van der Waals surface area contributed by atoms with Crippen molar-refractivity contribution in [1.29, 1.82) is 0 Å². The Bertz CT molecular complexity index is 1100. The maximum absolute atomic E-state index is 12.5. The summed E-state index contributed by atoms with van der Waals surface area (Å²) in [7, 11) is 1.67. The summed E-state index contributed by atoms with van der Waals surface area (Å²) in [5.41, 5.74) is 2.05. The van der Waals surface area contributed by atoms with Gasteiger partial charge in [0.15, 0.2) is 11.5 Å². The van der Waals surface area contributed by atoms with Crippen LogP contribution in [0.25, 0.3) is 11.5 Å². The monoisotopic (exact) mass is 462 g/mol. The van der Waals surface area contributed by atoms with E-state index in [1.165, 1.54) is 0 Å². The van der Waals surface area contributed by atoms with Gasteiger partial charge in [0, 0.05) is 27.9 Å². The zero-order chi connectivity index (χ0) is 22.4. The van der Waals surface area contributed by atoms with Crippen molar-refractivity contribution in [3.8, 4) is 23.0 Å². The lowest BCUT2D eigenvalue weighted by atomic mass is 10.2. The second kappa shape index (κ2) is 10.5. The summed E-state index contributed by atoms with van der Waals surface area (Å²) in [6.07, 6.45) is 0. The number of aryl methyl sites for hydroxylation is 1. The van der Waals surface area contributed by atoms with E-state index in [-0.39, 0.29) is 24.0 Å². The Labute approximate surface area is 188 Å². The van der Waals surface area contributed by atoms with E-state index in [0.717, 1.165) is 5.56 Å². The molecule has 0 spiro atoms. The van der Waals surface area contributed by atoms with Gasteiger partial charge in [-0.2, -0.15) is 0 Å². The quantitative estimate of drug-likeness (QED) is 0.519. The molecule has 0 aliphatic rings. The van der Waals surface area contributed by atoms with Gasteiger partial charge < -0.3 is 19.2 Å². The molecule has 164 valence electrons. The van der Waals surface area contributed by atoms with Gasteiger partial charge in [0.1, 0.15) is 11.5 Å². The van der Waals surface area contributed by atoms with Crippen LogP contribution < -0.4 is 14.8 Å². The highest BCUT2D eigenvalue weighted by atomic mass is 35.5. The van der Waals surface area contributed by atoms with E-state index in [2.05, 4.69) is 10.3 Å². The molecule has 1 atom stereocenters.